The molecule has 0 aliphatic rings. The summed E-state index contributed by atoms with van der Waals surface area (Å²) in [5, 5.41) is 0. The van der Waals surface area contributed by atoms with Gasteiger partial charge in [0.05, 0.1) is 0 Å². The van der Waals surface area contributed by atoms with Crippen LogP contribution in [0.3, 0.4) is 0 Å². The van der Waals surface area contributed by atoms with Gasteiger partial charge in [0.2, 0.25) is 0 Å². The summed E-state index contributed by atoms with van der Waals surface area (Å²) >= 11 is 0. The molecule has 1 unspecified atom stereocenters. The van der Waals surface area contributed by atoms with Gasteiger partial charge in [-0.15, -0.1) is 0 Å². The molecule has 0 bridgehead atoms. The van der Waals surface area contributed by atoms with Crippen LogP contribution in [0.4, 0.5) is 0 Å². The van der Waals surface area contributed by atoms with E-state index in [0.717, 1.165) is 5.56 Å². The molecule has 0 spiro atoms. The number of rotatable bonds is 8. The predicted octanol–water partition coefficient (Wildman–Crippen LogP) is 4.14. The van der Waals surface area contributed by atoms with E-state index in [1.807, 2.05) is 30.3 Å². The Labute approximate surface area is 169 Å². The van der Waals surface area contributed by atoms with Crippen molar-refractivity contribution in [3.05, 3.63) is 90.5 Å². The van der Waals surface area contributed by atoms with E-state index < -0.39 is 16.1 Å². The second-order valence-electron chi connectivity index (χ2n) is 6.15. The van der Waals surface area contributed by atoms with E-state index in [4.69, 9.17) is 13.7 Å². The summed E-state index contributed by atoms with van der Waals surface area (Å²) in [5.41, 5.74) is 0.891. The molecular formula is C22H20O6S. The highest BCUT2D eigenvalue weighted by Crippen LogP contribution is 2.22. The van der Waals surface area contributed by atoms with Crippen LogP contribution in [0.1, 0.15) is 18.6 Å². The first kappa shape index (κ1) is 20.4. The topological polar surface area (TPSA) is 78.9 Å². The van der Waals surface area contributed by atoms with Gasteiger partial charge in [0, 0.05) is 0 Å². The van der Waals surface area contributed by atoms with Crippen LogP contribution >= 0.6 is 0 Å². The fraction of sp³-hybridized carbons (Fsp3) is 0.136. The van der Waals surface area contributed by atoms with Crippen molar-refractivity contribution in [2.75, 3.05) is 6.61 Å². The molecule has 0 aliphatic heterocycles. The lowest BCUT2D eigenvalue weighted by atomic mass is 10.1. The molecule has 1 atom stereocenters. The summed E-state index contributed by atoms with van der Waals surface area (Å²) < 4.78 is 40.2. The molecule has 6 nitrogen and oxygen atoms in total. The van der Waals surface area contributed by atoms with Gasteiger partial charge in [-0.1, -0.05) is 48.5 Å². The molecular weight excluding hydrogens is 392 g/mol. The Bertz CT molecular complexity index is 1030. The van der Waals surface area contributed by atoms with E-state index in [0.29, 0.717) is 5.75 Å². The maximum Gasteiger partial charge on any atom is 0.344 e. The van der Waals surface area contributed by atoms with Crippen molar-refractivity contribution < 1.29 is 26.9 Å². The van der Waals surface area contributed by atoms with Gasteiger partial charge >= 0.3 is 16.1 Å². The first-order chi connectivity index (χ1) is 13.9. The van der Waals surface area contributed by atoms with Gasteiger partial charge < -0.3 is 13.7 Å². The zero-order valence-electron chi connectivity index (χ0n) is 15.7. The second-order valence-corrected chi connectivity index (χ2v) is 7.70. The predicted molar refractivity (Wildman–Crippen MR) is 107 cm³/mol. The fourth-order valence-corrected chi connectivity index (χ4v) is 3.47. The monoisotopic (exact) mass is 412 g/mol. The fourth-order valence-electron chi connectivity index (χ4n) is 2.52. The van der Waals surface area contributed by atoms with Crippen LogP contribution in [0.15, 0.2) is 89.8 Å². The van der Waals surface area contributed by atoms with E-state index in [-0.39, 0.29) is 23.4 Å². The lowest BCUT2D eigenvalue weighted by Crippen LogP contribution is -2.17. The van der Waals surface area contributed by atoms with E-state index >= 15 is 0 Å². The van der Waals surface area contributed by atoms with Crippen LogP contribution in [0.25, 0.3) is 0 Å². The quantitative estimate of drug-likeness (QED) is 0.409. The van der Waals surface area contributed by atoms with Crippen molar-refractivity contribution >= 4 is 16.1 Å². The summed E-state index contributed by atoms with van der Waals surface area (Å²) in [7, 11) is -3.91. The highest BCUT2D eigenvalue weighted by molar-refractivity contribution is 7.87. The molecule has 0 saturated heterocycles. The molecule has 0 heterocycles. The van der Waals surface area contributed by atoms with Crippen molar-refractivity contribution in [1.29, 1.82) is 0 Å². The molecule has 0 fully saturated rings. The third-order valence-electron chi connectivity index (χ3n) is 4.00. The first-order valence-corrected chi connectivity index (χ1v) is 10.3. The second kappa shape index (κ2) is 9.25. The number of carbonyl (C=O) groups is 1. The molecule has 150 valence electrons. The van der Waals surface area contributed by atoms with Crippen LogP contribution in [0.2, 0.25) is 0 Å². The van der Waals surface area contributed by atoms with Gasteiger partial charge in [-0.25, -0.2) is 4.79 Å². The third-order valence-corrected chi connectivity index (χ3v) is 5.26. The smallest absolute Gasteiger partial charge is 0.344 e. The Morgan fingerprint density at radius 2 is 1.38 bits per heavy atom. The summed E-state index contributed by atoms with van der Waals surface area (Å²) in [6, 6.07) is 23.2. The highest BCUT2D eigenvalue weighted by Gasteiger charge is 2.16. The lowest BCUT2D eigenvalue weighted by molar-refractivity contribution is -0.151. The highest BCUT2D eigenvalue weighted by atomic mass is 32.2. The molecule has 7 heteroatoms. The minimum Gasteiger partial charge on any atom is -0.482 e. The Balaban J connectivity index is 1.52. The van der Waals surface area contributed by atoms with Gasteiger partial charge in [-0.3, -0.25) is 0 Å². The van der Waals surface area contributed by atoms with Gasteiger partial charge in [-0.2, -0.15) is 8.42 Å². The molecule has 29 heavy (non-hydrogen) atoms. The number of carbonyl (C=O) groups excluding carboxylic acids is 1. The first-order valence-electron chi connectivity index (χ1n) is 8.91. The van der Waals surface area contributed by atoms with Crippen LogP contribution < -0.4 is 8.92 Å². The number of hydrogen-bond donors (Lipinski definition) is 0. The maximum atomic E-state index is 12.2. The summed E-state index contributed by atoms with van der Waals surface area (Å²) in [6.07, 6.45) is -0.383. The van der Waals surface area contributed by atoms with Crippen molar-refractivity contribution in [3.8, 4) is 11.5 Å². The molecule has 3 aromatic rings. The lowest BCUT2D eigenvalue weighted by Gasteiger charge is -2.14. The Kier molecular flexibility index (Phi) is 6.51. The summed E-state index contributed by atoms with van der Waals surface area (Å²) in [4.78, 5) is 12.0. The van der Waals surface area contributed by atoms with Gasteiger partial charge in [0.25, 0.3) is 0 Å². The van der Waals surface area contributed by atoms with Gasteiger partial charge in [-0.05, 0) is 48.9 Å². The molecule has 0 radical (unpaired) electrons. The van der Waals surface area contributed by atoms with E-state index in [9.17, 15) is 13.2 Å². The Morgan fingerprint density at radius 1 is 0.828 bits per heavy atom. The van der Waals surface area contributed by atoms with Crippen molar-refractivity contribution in [2.24, 2.45) is 0 Å². The molecule has 3 aromatic carbocycles. The van der Waals surface area contributed by atoms with Crippen LogP contribution in [-0.2, 0) is 19.6 Å². The molecule has 0 amide bonds. The average Bonchev–Trinajstić information content (AvgIpc) is 2.74. The van der Waals surface area contributed by atoms with Crippen LogP contribution in [0, 0.1) is 0 Å². The van der Waals surface area contributed by atoms with Crippen molar-refractivity contribution in [2.45, 2.75) is 17.9 Å². The molecule has 0 aromatic heterocycles. The minimum atomic E-state index is -3.91. The zero-order valence-corrected chi connectivity index (χ0v) is 16.5. The molecule has 0 aliphatic carbocycles. The van der Waals surface area contributed by atoms with Gasteiger partial charge in [0.15, 0.2) is 6.61 Å². The molecule has 0 N–H and O–H groups in total. The summed E-state index contributed by atoms with van der Waals surface area (Å²) in [6.45, 7) is 1.52. The van der Waals surface area contributed by atoms with Crippen LogP contribution in [-0.4, -0.2) is 21.0 Å². The third kappa shape index (κ3) is 5.83. The Hall–Kier alpha value is -3.32. The largest absolute Gasteiger partial charge is 0.482 e. The molecule has 3 rings (SSSR count). The zero-order chi connectivity index (χ0) is 20.7. The van der Waals surface area contributed by atoms with Crippen molar-refractivity contribution in [1.82, 2.24) is 0 Å². The van der Waals surface area contributed by atoms with Crippen LogP contribution in [0.5, 0.6) is 11.5 Å². The summed E-state index contributed by atoms with van der Waals surface area (Å²) in [5.74, 6) is 0.0218. The maximum absolute atomic E-state index is 12.2. The number of hydrogen-bond acceptors (Lipinski definition) is 6. The standard InChI is InChI=1S/C22H20O6S/c1-17(18-8-4-2-5-9-18)27-22(23)16-26-19-12-14-20(15-13-19)28-29(24,25)21-10-6-3-7-11-21/h2-15,17H,16H2,1H3. The van der Waals surface area contributed by atoms with E-state index in [1.54, 1.807) is 25.1 Å². The number of benzene rings is 3. The number of esters is 1. The van der Waals surface area contributed by atoms with E-state index in [1.165, 1.54) is 36.4 Å². The van der Waals surface area contributed by atoms with Crippen molar-refractivity contribution in [3.63, 3.8) is 0 Å². The number of ether oxygens (including phenoxy) is 2. The average molecular weight is 412 g/mol. The van der Waals surface area contributed by atoms with Gasteiger partial charge in [0.1, 0.15) is 22.5 Å². The minimum absolute atomic E-state index is 0.0654. The SMILES string of the molecule is CC(OC(=O)COc1ccc(OS(=O)(=O)c2ccccc2)cc1)c1ccccc1. The Morgan fingerprint density at radius 3 is 2.00 bits per heavy atom. The normalized spacial score (nSPS) is 12.0. The molecule has 0 saturated carbocycles. The van der Waals surface area contributed by atoms with E-state index in [2.05, 4.69) is 0 Å².